The summed E-state index contributed by atoms with van der Waals surface area (Å²) in [6.07, 6.45) is 0. The van der Waals surface area contributed by atoms with Gasteiger partial charge < -0.3 is 9.64 Å². The Labute approximate surface area is 109 Å². The van der Waals surface area contributed by atoms with Gasteiger partial charge in [-0.3, -0.25) is 0 Å². The van der Waals surface area contributed by atoms with Crippen LogP contribution in [0.25, 0.3) is 10.8 Å². The van der Waals surface area contributed by atoms with Gasteiger partial charge in [0.15, 0.2) is 0 Å². The van der Waals surface area contributed by atoms with Crippen LogP contribution in [0.2, 0.25) is 0 Å². The average molecular weight is 292 g/mol. The second-order valence-corrected chi connectivity index (χ2v) is 5.19. The molecule has 3 rings (SSSR count). The van der Waals surface area contributed by atoms with E-state index in [9.17, 15) is 0 Å². The number of benzene rings is 2. The summed E-state index contributed by atoms with van der Waals surface area (Å²) < 4.78 is 6.51. The van der Waals surface area contributed by atoms with Crippen LogP contribution >= 0.6 is 15.9 Å². The molecule has 2 nitrogen and oxygen atoms in total. The van der Waals surface area contributed by atoms with E-state index in [4.69, 9.17) is 4.74 Å². The molecule has 1 aliphatic heterocycles. The fourth-order valence-corrected chi connectivity index (χ4v) is 2.60. The van der Waals surface area contributed by atoms with Gasteiger partial charge in [0.25, 0.3) is 0 Å². The Morgan fingerprint density at radius 3 is 2.47 bits per heavy atom. The van der Waals surface area contributed by atoms with Gasteiger partial charge in [0.05, 0.1) is 13.2 Å². The normalized spacial score (nSPS) is 16.4. The smallest absolute Gasteiger partial charge is 0.0642 e. The molecule has 0 aliphatic carbocycles. The summed E-state index contributed by atoms with van der Waals surface area (Å²) in [5, 5.41) is 2.56. The van der Waals surface area contributed by atoms with Gasteiger partial charge in [-0.15, -0.1) is 0 Å². The van der Waals surface area contributed by atoms with E-state index >= 15 is 0 Å². The van der Waals surface area contributed by atoms with Crippen molar-refractivity contribution < 1.29 is 4.74 Å². The summed E-state index contributed by atoms with van der Waals surface area (Å²) in [5.41, 5.74) is 1.29. The molecule has 88 valence electrons. The van der Waals surface area contributed by atoms with Crippen LogP contribution in [0.15, 0.2) is 40.9 Å². The maximum atomic E-state index is 5.38. The molecule has 1 heterocycles. The van der Waals surface area contributed by atoms with Gasteiger partial charge in [0.2, 0.25) is 0 Å². The summed E-state index contributed by atoms with van der Waals surface area (Å²) in [7, 11) is 0. The molecule has 0 N–H and O–H groups in total. The minimum atomic E-state index is 0.832. The minimum absolute atomic E-state index is 0.832. The molecule has 0 atom stereocenters. The molecule has 3 heteroatoms. The lowest BCUT2D eigenvalue weighted by atomic mass is 10.1. The molecule has 17 heavy (non-hydrogen) atoms. The predicted molar refractivity (Wildman–Crippen MR) is 74.7 cm³/mol. The van der Waals surface area contributed by atoms with Gasteiger partial charge in [0.1, 0.15) is 0 Å². The summed E-state index contributed by atoms with van der Waals surface area (Å²) in [6.45, 7) is 3.64. The van der Waals surface area contributed by atoms with Crippen molar-refractivity contribution in [2.45, 2.75) is 0 Å². The zero-order valence-corrected chi connectivity index (χ0v) is 11.1. The van der Waals surface area contributed by atoms with Gasteiger partial charge in [-0.05, 0) is 35.0 Å². The molecule has 1 aliphatic rings. The van der Waals surface area contributed by atoms with Crippen LogP contribution < -0.4 is 4.90 Å². The highest BCUT2D eigenvalue weighted by Gasteiger charge is 2.11. The predicted octanol–water partition coefficient (Wildman–Crippen LogP) is 3.44. The van der Waals surface area contributed by atoms with Crippen LogP contribution in [0.4, 0.5) is 5.69 Å². The summed E-state index contributed by atoms with van der Waals surface area (Å²) >= 11 is 3.50. The summed E-state index contributed by atoms with van der Waals surface area (Å²) in [5.74, 6) is 0. The Morgan fingerprint density at radius 2 is 1.65 bits per heavy atom. The topological polar surface area (TPSA) is 12.5 Å². The second-order valence-electron chi connectivity index (χ2n) is 4.28. The van der Waals surface area contributed by atoms with Crippen molar-refractivity contribution >= 4 is 32.4 Å². The van der Waals surface area contributed by atoms with Crippen LogP contribution in [-0.2, 0) is 4.74 Å². The standard InChI is InChI=1S/C14H14BrNO/c15-13-3-1-12-10-14(4-2-11(12)9-13)16-5-7-17-8-6-16/h1-4,9-10H,5-8H2. The van der Waals surface area contributed by atoms with E-state index in [-0.39, 0.29) is 0 Å². The van der Waals surface area contributed by atoms with E-state index in [1.54, 1.807) is 0 Å². The first kappa shape index (κ1) is 11.1. The van der Waals surface area contributed by atoms with E-state index in [1.807, 2.05) is 0 Å². The maximum Gasteiger partial charge on any atom is 0.0642 e. The SMILES string of the molecule is Brc1ccc2cc(N3CCOCC3)ccc2c1. The van der Waals surface area contributed by atoms with Crippen LogP contribution in [0.1, 0.15) is 0 Å². The van der Waals surface area contributed by atoms with Gasteiger partial charge in [-0.1, -0.05) is 28.1 Å². The highest BCUT2D eigenvalue weighted by molar-refractivity contribution is 9.10. The molecular formula is C14H14BrNO. The van der Waals surface area contributed by atoms with Gasteiger partial charge in [-0.2, -0.15) is 0 Å². The third-order valence-corrected chi connectivity index (χ3v) is 3.66. The Kier molecular flexibility index (Phi) is 3.04. The van der Waals surface area contributed by atoms with E-state index in [2.05, 4.69) is 57.2 Å². The van der Waals surface area contributed by atoms with Crippen LogP contribution in [-0.4, -0.2) is 26.3 Å². The molecule has 0 radical (unpaired) electrons. The van der Waals surface area contributed by atoms with Gasteiger partial charge in [-0.25, -0.2) is 0 Å². The molecule has 0 unspecified atom stereocenters. The van der Waals surface area contributed by atoms with Crippen molar-refractivity contribution in [2.75, 3.05) is 31.2 Å². The van der Waals surface area contributed by atoms with E-state index in [0.29, 0.717) is 0 Å². The zero-order chi connectivity index (χ0) is 11.7. The number of hydrogen-bond acceptors (Lipinski definition) is 2. The molecule has 0 amide bonds. The number of anilines is 1. The molecule has 0 bridgehead atoms. The Balaban J connectivity index is 1.98. The molecule has 2 aromatic rings. The van der Waals surface area contributed by atoms with Crippen molar-refractivity contribution in [3.05, 3.63) is 40.9 Å². The number of halogens is 1. The van der Waals surface area contributed by atoms with Crippen molar-refractivity contribution in [3.8, 4) is 0 Å². The molecular weight excluding hydrogens is 278 g/mol. The maximum absolute atomic E-state index is 5.38. The van der Waals surface area contributed by atoms with Gasteiger partial charge in [0, 0.05) is 23.2 Å². The number of nitrogens with zero attached hydrogens (tertiary/aromatic N) is 1. The first-order chi connectivity index (χ1) is 8.33. The summed E-state index contributed by atoms with van der Waals surface area (Å²) in [6, 6.07) is 13.0. The number of rotatable bonds is 1. The zero-order valence-electron chi connectivity index (χ0n) is 9.53. The largest absolute Gasteiger partial charge is 0.378 e. The Hall–Kier alpha value is -1.06. The Bertz CT molecular complexity index is 535. The van der Waals surface area contributed by atoms with E-state index < -0.39 is 0 Å². The van der Waals surface area contributed by atoms with Crippen LogP contribution in [0.3, 0.4) is 0 Å². The van der Waals surface area contributed by atoms with Crippen molar-refractivity contribution in [2.24, 2.45) is 0 Å². The minimum Gasteiger partial charge on any atom is -0.378 e. The quantitative estimate of drug-likeness (QED) is 0.798. The van der Waals surface area contributed by atoms with E-state index in [0.717, 1.165) is 30.8 Å². The Morgan fingerprint density at radius 1 is 0.941 bits per heavy atom. The van der Waals surface area contributed by atoms with Gasteiger partial charge >= 0.3 is 0 Å². The first-order valence-electron chi connectivity index (χ1n) is 5.85. The molecule has 2 aromatic carbocycles. The van der Waals surface area contributed by atoms with Crippen molar-refractivity contribution in [1.82, 2.24) is 0 Å². The highest BCUT2D eigenvalue weighted by Crippen LogP contribution is 2.25. The monoisotopic (exact) mass is 291 g/mol. The van der Waals surface area contributed by atoms with Crippen molar-refractivity contribution in [1.29, 1.82) is 0 Å². The summed E-state index contributed by atoms with van der Waals surface area (Å²) in [4.78, 5) is 2.38. The lowest BCUT2D eigenvalue weighted by Gasteiger charge is -2.29. The number of fused-ring (bicyclic) bond motifs is 1. The first-order valence-corrected chi connectivity index (χ1v) is 6.64. The fourth-order valence-electron chi connectivity index (χ4n) is 2.22. The lowest BCUT2D eigenvalue weighted by Crippen LogP contribution is -2.36. The van der Waals surface area contributed by atoms with Crippen LogP contribution in [0, 0.1) is 0 Å². The van der Waals surface area contributed by atoms with Crippen molar-refractivity contribution in [3.63, 3.8) is 0 Å². The molecule has 0 aromatic heterocycles. The molecule has 1 fully saturated rings. The highest BCUT2D eigenvalue weighted by atomic mass is 79.9. The number of morpholine rings is 1. The fraction of sp³-hybridized carbons (Fsp3) is 0.286. The molecule has 0 spiro atoms. The van der Waals surface area contributed by atoms with Crippen LogP contribution in [0.5, 0.6) is 0 Å². The average Bonchev–Trinajstić information content (AvgIpc) is 2.39. The third-order valence-electron chi connectivity index (χ3n) is 3.16. The lowest BCUT2D eigenvalue weighted by molar-refractivity contribution is 0.122. The number of hydrogen-bond donors (Lipinski definition) is 0. The molecule has 0 saturated carbocycles. The second kappa shape index (κ2) is 4.67. The third kappa shape index (κ3) is 2.31. The molecule has 1 saturated heterocycles. The van der Waals surface area contributed by atoms with E-state index in [1.165, 1.54) is 16.5 Å². The number of ether oxygens (including phenoxy) is 1.